The third-order valence-corrected chi connectivity index (χ3v) is 6.49. The van der Waals surface area contributed by atoms with Crippen LogP contribution in [0.2, 0.25) is 0 Å². The van der Waals surface area contributed by atoms with Gasteiger partial charge in [-0.1, -0.05) is 18.2 Å². The maximum Gasteiger partial charge on any atom is 0.230 e. The van der Waals surface area contributed by atoms with Crippen LogP contribution in [0.1, 0.15) is 24.8 Å². The van der Waals surface area contributed by atoms with E-state index in [4.69, 9.17) is 0 Å². The fraction of sp³-hybridized carbons (Fsp3) is 0.409. The Morgan fingerprint density at radius 2 is 1.92 bits per heavy atom. The monoisotopic (exact) mass is 350 g/mol. The normalized spacial score (nSPS) is 23.1. The highest BCUT2D eigenvalue weighted by atomic mass is 19.1. The minimum atomic E-state index is -0.221. The molecule has 26 heavy (non-hydrogen) atoms. The van der Waals surface area contributed by atoms with Crippen molar-refractivity contribution in [1.29, 1.82) is 0 Å². The first-order valence-corrected chi connectivity index (χ1v) is 9.57. The number of halogens is 1. The van der Waals surface area contributed by atoms with Crippen LogP contribution in [-0.2, 0) is 11.2 Å². The number of nitrogens with zero attached hydrogens (tertiary/aromatic N) is 1. The first-order valence-electron chi connectivity index (χ1n) is 9.57. The predicted octanol–water partition coefficient (Wildman–Crippen LogP) is 3.77. The number of carbonyl (C=O) groups is 1. The number of carbonyl (C=O) groups excluding carboxylic acids is 1. The van der Waals surface area contributed by atoms with Gasteiger partial charge in [0.2, 0.25) is 5.91 Å². The Morgan fingerprint density at radius 1 is 1.12 bits per heavy atom. The zero-order valence-corrected chi connectivity index (χ0v) is 14.8. The van der Waals surface area contributed by atoms with Crippen molar-refractivity contribution in [3.8, 4) is 11.1 Å². The van der Waals surface area contributed by atoms with Crippen LogP contribution in [-0.4, -0.2) is 25.5 Å². The average molecular weight is 350 g/mol. The first-order chi connectivity index (χ1) is 12.7. The average Bonchev–Trinajstić information content (AvgIpc) is 3.18. The summed E-state index contributed by atoms with van der Waals surface area (Å²) >= 11 is 0. The summed E-state index contributed by atoms with van der Waals surface area (Å²) in [6, 6.07) is 12.8. The molecule has 1 saturated heterocycles. The number of piperidine rings is 1. The molecule has 0 aromatic heterocycles. The van der Waals surface area contributed by atoms with E-state index in [1.165, 1.54) is 11.6 Å². The van der Waals surface area contributed by atoms with Crippen molar-refractivity contribution in [3.05, 3.63) is 53.8 Å². The van der Waals surface area contributed by atoms with Crippen molar-refractivity contribution >= 4 is 11.6 Å². The Balaban J connectivity index is 1.38. The Labute approximate surface area is 153 Å². The summed E-state index contributed by atoms with van der Waals surface area (Å²) < 4.78 is 13.5. The lowest BCUT2D eigenvalue weighted by atomic mass is 9.91. The number of rotatable bonds is 2. The van der Waals surface area contributed by atoms with Gasteiger partial charge in [0.15, 0.2) is 0 Å². The van der Waals surface area contributed by atoms with Gasteiger partial charge in [-0.25, -0.2) is 4.39 Å². The quantitative estimate of drug-likeness (QED) is 0.894. The molecule has 1 N–H and O–H groups in total. The summed E-state index contributed by atoms with van der Waals surface area (Å²) in [6.07, 6.45) is 4.19. The second kappa shape index (κ2) is 5.92. The van der Waals surface area contributed by atoms with Gasteiger partial charge in [0.25, 0.3) is 0 Å². The standard InChI is InChI=1S/C22H23FN2O/c23-18-3-1-2-15(13-18)16-4-5-20-17(12-16)6-11-25(20)21(26)19-14-22(19)7-9-24-10-8-22/h1-5,12-13,19,24H,6-11,14H2. The van der Waals surface area contributed by atoms with Crippen molar-refractivity contribution in [1.82, 2.24) is 5.32 Å². The van der Waals surface area contributed by atoms with E-state index in [0.717, 1.165) is 62.1 Å². The van der Waals surface area contributed by atoms with Crippen molar-refractivity contribution in [2.45, 2.75) is 25.7 Å². The SMILES string of the molecule is O=C(C1CC12CCNCC2)N1CCc2cc(-c3cccc(F)c3)ccc21. The molecule has 4 heteroatoms. The maximum atomic E-state index is 13.5. The van der Waals surface area contributed by atoms with Gasteiger partial charge in [0, 0.05) is 18.2 Å². The largest absolute Gasteiger partial charge is 0.317 e. The second-order valence-electron chi connectivity index (χ2n) is 7.96. The second-order valence-corrected chi connectivity index (χ2v) is 7.96. The van der Waals surface area contributed by atoms with E-state index in [-0.39, 0.29) is 17.2 Å². The number of nitrogens with one attached hydrogen (secondary N) is 1. The molecule has 2 aromatic rings. The summed E-state index contributed by atoms with van der Waals surface area (Å²) in [5, 5.41) is 3.40. The van der Waals surface area contributed by atoms with E-state index in [2.05, 4.69) is 11.4 Å². The van der Waals surface area contributed by atoms with Gasteiger partial charge in [-0.05, 0) is 85.1 Å². The lowest BCUT2D eigenvalue weighted by Crippen LogP contribution is -2.35. The van der Waals surface area contributed by atoms with Gasteiger partial charge in [0.05, 0.1) is 0 Å². The van der Waals surface area contributed by atoms with Crippen molar-refractivity contribution in [2.75, 3.05) is 24.5 Å². The summed E-state index contributed by atoms with van der Waals surface area (Å²) in [5.41, 5.74) is 4.41. The maximum absolute atomic E-state index is 13.5. The van der Waals surface area contributed by atoms with Crippen LogP contribution in [0.4, 0.5) is 10.1 Å². The molecule has 3 aliphatic rings. The van der Waals surface area contributed by atoms with E-state index in [1.54, 1.807) is 12.1 Å². The summed E-state index contributed by atoms with van der Waals surface area (Å²) in [4.78, 5) is 15.1. The smallest absolute Gasteiger partial charge is 0.230 e. The molecule has 134 valence electrons. The minimum Gasteiger partial charge on any atom is -0.317 e. The molecule has 2 heterocycles. The van der Waals surface area contributed by atoms with Gasteiger partial charge in [-0.3, -0.25) is 4.79 Å². The van der Waals surface area contributed by atoms with Gasteiger partial charge >= 0.3 is 0 Å². The van der Waals surface area contributed by atoms with Crippen LogP contribution in [0.5, 0.6) is 0 Å². The molecule has 3 nitrogen and oxygen atoms in total. The van der Waals surface area contributed by atoms with Crippen LogP contribution in [0.25, 0.3) is 11.1 Å². The highest BCUT2D eigenvalue weighted by molar-refractivity contribution is 5.99. The fourth-order valence-electron chi connectivity index (χ4n) is 4.84. The third kappa shape index (κ3) is 2.55. The fourth-order valence-corrected chi connectivity index (χ4v) is 4.84. The lowest BCUT2D eigenvalue weighted by molar-refractivity contribution is -0.120. The number of fused-ring (bicyclic) bond motifs is 1. The van der Waals surface area contributed by atoms with Crippen LogP contribution in [0, 0.1) is 17.2 Å². The number of anilines is 1. The summed E-state index contributed by atoms with van der Waals surface area (Å²) in [7, 11) is 0. The van der Waals surface area contributed by atoms with Gasteiger partial charge in [0.1, 0.15) is 5.82 Å². The Bertz CT molecular complexity index is 872. The molecule has 1 aliphatic carbocycles. The molecule has 1 atom stereocenters. The first kappa shape index (κ1) is 16.0. The molecule has 2 aliphatic heterocycles. The van der Waals surface area contributed by atoms with Gasteiger partial charge in [-0.15, -0.1) is 0 Å². The molecular weight excluding hydrogens is 327 g/mol. The van der Waals surface area contributed by atoms with E-state index in [0.29, 0.717) is 5.91 Å². The van der Waals surface area contributed by atoms with Gasteiger partial charge in [-0.2, -0.15) is 0 Å². The summed E-state index contributed by atoms with van der Waals surface area (Å²) in [6.45, 7) is 2.85. The van der Waals surface area contributed by atoms with E-state index >= 15 is 0 Å². The molecular formula is C22H23FN2O. The predicted molar refractivity (Wildman–Crippen MR) is 101 cm³/mol. The molecule has 2 fully saturated rings. The molecule has 0 bridgehead atoms. The molecule has 1 spiro atoms. The molecule has 1 amide bonds. The highest BCUT2D eigenvalue weighted by Crippen LogP contribution is 2.59. The van der Waals surface area contributed by atoms with E-state index in [1.807, 2.05) is 23.1 Å². The van der Waals surface area contributed by atoms with Crippen molar-refractivity contribution in [3.63, 3.8) is 0 Å². The zero-order chi connectivity index (χ0) is 17.7. The van der Waals surface area contributed by atoms with Crippen LogP contribution < -0.4 is 10.2 Å². The topological polar surface area (TPSA) is 32.3 Å². The molecule has 1 unspecified atom stereocenters. The van der Waals surface area contributed by atoms with Crippen molar-refractivity contribution < 1.29 is 9.18 Å². The van der Waals surface area contributed by atoms with Crippen LogP contribution in [0.3, 0.4) is 0 Å². The number of amides is 1. The molecule has 1 saturated carbocycles. The number of benzene rings is 2. The number of hydrogen-bond donors (Lipinski definition) is 1. The van der Waals surface area contributed by atoms with Gasteiger partial charge < -0.3 is 10.2 Å². The Kier molecular flexibility index (Phi) is 3.64. The Morgan fingerprint density at radius 3 is 2.73 bits per heavy atom. The van der Waals surface area contributed by atoms with Crippen molar-refractivity contribution in [2.24, 2.45) is 11.3 Å². The van der Waals surface area contributed by atoms with Crippen LogP contribution in [0.15, 0.2) is 42.5 Å². The molecule has 2 aromatic carbocycles. The lowest BCUT2D eigenvalue weighted by Gasteiger charge is -2.25. The minimum absolute atomic E-state index is 0.207. The van der Waals surface area contributed by atoms with Crippen LogP contribution >= 0.6 is 0 Å². The highest BCUT2D eigenvalue weighted by Gasteiger charge is 2.58. The van der Waals surface area contributed by atoms with E-state index < -0.39 is 0 Å². The molecule has 0 radical (unpaired) electrons. The Hall–Kier alpha value is -2.20. The number of hydrogen-bond acceptors (Lipinski definition) is 2. The zero-order valence-electron chi connectivity index (χ0n) is 14.8. The van der Waals surface area contributed by atoms with E-state index in [9.17, 15) is 9.18 Å². The summed E-state index contributed by atoms with van der Waals surface area (Å²) in [5.74, 6) is 0.295. The molecule has 5 rings (SSSR count). The third-order valence-electron chi connectivity index (χ3n) is 6.49.